The van der Waals surface area contributed by atoms with E-state index in [4.69, 9.17) is 0 Å². The van der Waals surface area contributed by atoms with Crippen molar-refractivity contribution in [3.63, 3.8) is 0 Å². The van der Waals surface area contributed by atoms with Gasteiger partial charge in [-0.15, -0.1) is 0 Å². The van der Waals surface area contributed by atoms with Crippen LogP contribution >= 0.6 is 0 Å². The van der Waals surface area contributed by atoms with Crippen LogP contribution in [0.1, 0.15) is 32.4 Å². The van der Waals surface area contributed by atoms with Gasteiger partial charge < -0.3 is 4.55 Å². The predicted molar refractivity (Wildman–Crippen MR) is 108 cm³/mol. The minimum Gasteiger partial charge on any atom is -0.755 e. The van der Waals surface area contributed by atoms with E-state index in [0.29, 0.717) is 12.8 Å². The Morgan fingerprint density at radius 2 is 1.94 bits per heavy atom. The summed E-state index contributed by atoms with van der Waals surface area (Å²) in [4.78, 5) is 8.20. The highest BCUT2D eigenvalue weighted by molar-refractivity contribution is 7.91. The van der Waals surface area contributed by atoms with E-state index in [1.807, 2.05) is 0 Å². The van der Waals surface area contributed by atoms with Crippen LogP contribution in [0.15, 0.2) is 35.4 Å². The molecule has 0 saturated heterocycles. The molecule has 0 N–H and O–H groups in total. The lowest BCUT2D eigenvalue weighted by Gasteiger charge is -2.32. The highest BCUT2D eigenvalue weighted by atomic mass is 32.2. The first-order valence-corrected chi connectivity index (χ1v) is 12.1. The van der Waals surface area contributed by atoms with Crippen molar-refractivity contribution in [1.29, 1.82) is 0 Å². The molecule has 32 heavy (non-hydrogen) atoms. The number of alkyl halides is 3. The molecule has 14 heteroatoms. The first-order valence-electron chi connectivity index (χ1n) is 9.43. The minimum atomic E-state index is -4.68. The van der Waals surface area contributed by atoms with Gasteiger partial charge in [-0.1, -0.05) is 6.92 Å². The molecule has 0 radical (unpaired) electrons. The summed E-state index contributed by atoms with van der Waals surface area (Å²) >= 11 is -2.67. The van der Waals surface area contributed by atoms with E-state index in [1.54, 1.807) is 6.92 Å². The van der Waals surface area contributed by atoms with Crippen molar-refractivity contribution in [3.05, 3.63) is 36.2 Å². The molecule has 0 bridgehead atoms. The Balaban J connectivity index is 1.92. The number of pyridine rings is 1. The van der Waals surface area contributed by atoms with Gasteiger partial charge in [0.15, 0.2) is 21.2 Å². The maximum absolute atomic E-state index is 13.0. The van der Waals surface area contributed by atoms with Crippen molar-refractivity contribution in [2.45, 2.75) is 43.3 Å². The number of halogens is 3. The molecule has 1 aliphatic rings. The van der Waals surface area contributed by atoms with Crippen LogP contribution in [0.25, 0.3) is 17.0 Å². The molecule has 172 valence electrons. The number of aromatic nitrogens is 4. The highest BCUT2D eigenvalue weighted by Crippen LogP contribution is 2.44. The van der Waals surface area contributed by atoms with Gasteiger partial charge in [0, 0.05) is 23.5 Å². The van der Waals surface area contributed by atoms with E-state index in [9.17, 15) is 30.4 Å². The smallest absolute Gasteiger partial charge is 0.435 e. The molecule has 0 aromatic carbocycles. The number of rotatable bonds is 6. The van der Waals surface area contributed by atoms with Crippen molar-refractivity contribution in [2.24, 2.45) is 0 Å². The van der Waals surface area contributed by atoms with E-state index in [1.165, 1.54) is 31.3 Å². The first-order chi connectivity index (χ1) is 14.9. The fraction of sp³-hybridized carbons (Fsp3) is 0.389. The third kappa shape index (κ3) is 3.97. The second-order valence-corrected chi connectivity index (χ2v) is 10.6. The summed E-state index contributed by atoms with van der Waals surface area (Å²) in [5, 5.41) is 3.42. The fourth-order valence-electron chi connectivity index (χ4n) is 3.21. The van der Waals surface area contributed by atoms with Crippen molar-refractivity contribution >= 4 is 32.6 Å². The zero-order valence-corrected chi connectivity index (χ0v) is 18.5. The number of anilines is 1. The molecule has 1 saturated carbocycles. The largest absolute Gasteiger partial charge is 0.755 e. The second kappa shape index (κ2) is 7.49. The molecule has 0 amide bonds. The summed E-state index contributed by atoms with van der Waals surface area (Å²) in [5.41, 5.74) is -2.18. The Kier molecular flexibility index (Phi) is 5.29. The standard InChI is InChI=1S/C18H18F3N5O4S2/c1-3-32(29,30)12-4-5-14(26(31(27)28)17(2)7-8-17)23-16(12)11-6-9-25-15(22-11)10-13(24-25)18(19,20)21/h4-6,9-10H,3,7-8H2,1-2H3,(H,27,28)/p-1. The summed E-state index contributed by atoms with van der Waals surface area (Å²) in [5.74, 6) is -0.266. The van der Waals surface area contributed by atoms with Crippen molar-refractivity contribution in [2.75, 3.05) is 10.1 Å². The molecule has 0 spiro atoms. The molecular formula is C18H17F3N5O4S2-. The SMILES string of the molecule is CCS(=O)(=O)c1ccc(N(S(=O)[O-])C2(C)CC2)nc1-c1ccn2nc(C(F)(F)F)cc2n1. The Morgan fingerprint density at radius 1 is 1.25 bits per heavy atom. The Labute approximate surface area is 183 Å². The van der Waals surface area contributed by atoms with E-state index in [0.717, 1.165) is 14.9 Å². The summed E-state index contributed by atoms with van der Waals surface area (Å²) in [6.07, 6.45) is -2.27. The molecule has 9 nitrogen and oxygen atoms in total. The van der Waals surface area contributed by atoms with Crippen LogP contribution in [0.5, 0.6) is 0 Å². The van der Waals surface area contributed by atoms with Crippen LogP contribution in [-0.4, -0.2) is 48.1 Å². The third-order valence-corrected chi connectivity index (χ3v) is 7.92. The zero-order valence-electron chi connectivity index (χ0n) is 16.8. The number of sulfone groups is 1. The number of nitrogens with zero attached hydrogens (tertiary/aromatic N) is 5. The monoisotopic (exact) mass is 488 g/mol. The van der Waals surface area contributed by atoms with Gasteiger partial charge in [-0.2, -0.15) is 18.3 Å². The quantitative estimate of drug-likeness (QED) is 0.489. The molecule has 1 fully saturated rings. The van der Waals surface area contributed by atoms with Crippen molar-refractivity contribution in [1.82, 2.24) is 19.6 Å². The predicted octanol–water partition coefficient (Wildman–Crippen LogP) is 2.76. The summed E-state index contributed by atoms with van der Waals surface area (Å²) in [6, 6.07) is 4.54. The number of fused-ring (bicyclic) bond motifs is 1. The van der Waals surface area contributed by atoms with Gasteiger partial charge in [0.05, 0.1) is 21.9 Å². The first kappa shape index (κ1) is 22.6. The average Bonchev–Trinajstić information content (AvgIpc) is 3.28. The normalized spacial score (nSPS) is 16.8. The Bertz CT molecular complexity index is 1340. The summed E-state index contributed by atoms with van der Waals surface area (Å²) in [7, 11) is -3.81. The van der Waals surface area contributed by atoms with E-state index in [2.05, 4.69) is 15.1 Å². The molecule has 1 unspecified atom stereocenters. The lowest BCUT2D eigenvalue weighted by atomic mass is 10.2. The van der Waals surface area contributed by atoms with Gasteiger partial charge in [-0.3, -0.25) is 8.51 Å². The van der Waals surface area contributed by atoms with Gasteiger partial charge in [0.1, 0.15) is 11.5 Å². The summed E-state index contributed by atoms with van der Waals surface area (Å²) < 4.78 is 90.0. The molecule has 1 atom stereocenters. The van der Waals surface area contributed by atoms with Gasteiger partial charge in [0.2, 0.25) is 0 Å². The van der Waals surface area contributed by atoms with Crippen LogP contribution in [-0.2, 0) is 27.3 Å². The Hall–Kier alpha value is -2.58. The average molecular weight is 488 g/mol. The number of hydrogen-bond acceptors (Lipinski definition) is 7. The van der Waals surface area contributed by atoms with E-state index < -0.39 is 38.5 Å². The maximum Gasteiger partial charge on any atom is 0.435 e. The maximum atomic E-state index is 13.0. The molecule has 1 aliphatic carbocycles. The molecule has 0 aliphatic heterocycles. The zero-order chi connectivity index (χ0) is 23.5. The molecule has 3 aromatic heterocycles. The highest BCUT2D eigenvalue weighted by Gasteiger charge is 2.45. The number of hydrogen-bond donors (Lipinski definition) is 0. The van der Waals surface area contributed by atoms with Crippen molar-refractivity contribution < 1.29 is 30.4 Å². The molecule has 3 aromatic rings. The molecule has 4 rings (SSSR count). The van der Waals surface area contributed by atoms with Gasteiger partial charge in [-0.05, 0) is 38.0 Å². The van der Waals surface area contributed by atoms with Crippen LogP contribution in [0.4, 0.5) is 19.0 Å². The topological polar surface area (TPSA) is 121 Å². The molecular weight excluding hydrogens is 471 g/mol. The van der Waals surface area contributed by atoms with Gasteiger partial charge in [-0.25, -0.2) is 22.9 Å². The van der Waals surface area contributed by atoms with Crippen LogP contribution < -0.4 is 4.31 Å². The lowest BCUT2D eigenvalue weighted by Crippen LogP contribution is -2.37. The van der Waals surface area contributed by atoms with Crippen LogP contribution in [0.2, 0.25) is 0 Å². The van der Waals surface area contributed by atoms with Gasteiger partial charge in [0.25, 0.3) is 0 Å². The Morgan fingerprint density at radius 3 is 2.50 bits per heavy atom. The van der Waals surface area contributed by atoms with Crippen LogP contribution in [0.3, 0.4) is 0 Å². The second-order valence-electron chi connectivity index (χ2n) is 7.57. The van der Waals surface area contributed by atoms with E-state index in [-0.39, 0.29) is 33.5 Å². The van der Waals surface area contributed by atoms with Gasteiger partial charge >= 0.3 is 6.18 Å². The van der Waals surface area contributed by atoms with E-state index >= 15 is 0 Å². The molecule has 3 heterocycles. The lowest BCUT2D eigenvalue weighted by molar-refractivity contribution is -0.141. The fourth-order valence-corrected chi connectivity index (χ4v) is 5.03. The van der Waals surface area contributed by atoms with Crippen molar-refractivity contribution in [3.8, 4) is 11.4 Å². The third-order valence-electron chi connectivity index (χ3n) is 5.24. The van der Waals surface area contributed by atoms with Crippen LogP contribution in [0, 0.1) is 0 Å². The minimum absolute atomic E-state index is 0.00505. The summed E-state index contributed by atoms with van der Waals surface area (Å²) in [6.45, 7) is 3.16.